The van der Waals surface area contributed by atoms with Crippen molar-refractivity contribution >= 4 is 0 Å². The van der Waals surface area contributed by atoms with Crippen LogP contribution in [0.3, 0.4) is 0 Å². The number of likely N-dealkylation sites (tertiary alicyclic amines) is 1. The fourth-order valence-corrected chi connectivity index (χ4v) is 3.09. The number of hydrogen-bond donors (Lipinski definition) is 0. The zero-order valence-electron chi connectivity index (χ0n) is 12.3. The van der Waals surface area contributed by atoms with E-state index in [0.717, 1.165) is 30.8 Å². The Morgan fingerprint density at radius 1 is 1.19 bits per heavy atom. The van der Waals surface area contributed by atoms with Crippen molar-refractivity contribution in [2.45, 2.75) is 25.4 Å². The van der Waals surface area contributed by atoms with E-state index in [-0.39, 0.29) is 5.82 Å². The highest BCUT2D eigenvalue weighted by Gasteiger charge is 2.25. The first-order valence-corrected chi connectivity index (χ1v) is 7.39. The summed E-state index contributed by atoms with van der Waals surface area (Å²) >= 11 is 0. The third-order valence-corrected chi connectivity index (χ3v) is 4.14. The Hall–Kier alpha value is -1.87. The summed E-state index contributed by atoms with van der Waals surface area (Å²) in [6.07, 6.45) is 2.34. The average molecular weight is 285 g/mol. The first kappa shape index (κ1) is 14.1. The maximum Gasteiger partial charge on any atom is 0.123 e. The minimum atomic E-state index is -0.160. The van der Waals surface area contributed by atoms with Crippen LogP contribution in [0.2, 0.25) is 0 Å². The van der Waals surface area contributed by atoms with Crippen LogP contribution in [0.15, 0.2) is 48.5 Å². The number of benzene rings is 2. The predicted molar refractivity (Wildman–Crippen MR) is 81.8 cm³/mol. The molecule has 0 aromatic heterocycles. The predicted octanol–water partition coefficient (Wildman–Crippen LogP) is 4.17. The summed E-state index contributed by atoms with van der Waals surface area (Å²) in [7, 11) is 1.68. The second-order valence-corrected chi connectivity index (χ2v) is 5.53. The molecule has 0 saturated carbocycles. The largest absolute Gasteiger partial charge is 0.497 e. The molecule has 0 amide bonds. The van der Waals surface area contributed by atoms with Crippen LogP contribution in [0, 0.1) is 5.82 Å². The van der Waals surface area contributed by atoms with Crippen LogP contribution in [-0.2, 0) is 6.54 Å². The molecule has 1 saturated heterocycles. The van der Waals surface area contributed by atoms with Crippen LogP contribution < -0.4 is 4.74 Å². The van der Waals surface area contributed by atoms with Gasteiger partial charge in [0.1, 0.15) is 11.6 Å². The van der Waals surface area contributed by atoms with Crippen molar-refractivity contribution in [3.63, 3.8) is 0 Å². The smallest absolute Gasteiger partial charge is 0.123 e. The third-order valence-electron chi connectivity index (χ3n) is 4.14. The van der Waals surface area contributed by atoms with E-state index in [0.29, 0.717) is 6.04 Å². The van der Waals surface area contributed by atoms with Crippen molar-refractivity contribution in [3.05, 3.63) is 65.5 Å². The van der Waals surface area contributed by atoms with E-state index in [1.165, 1.54) is 18.1 Å². The van der Waals surface area contributed by atoms with Gasteiger partial charge >= 0.3 is 0 Å². The molecule has 0 N–H and O–H groups in total. The highest BCUT2D eigenvalue weighted by molar-refractivity contribution is 5.30. The lowest BCUT2D eigenvalue weighted by molar-refractivity contribution is 0.248. The summed E-state index contributed by atoms with van der Waals surface area (Å²) in [5.41, 5.74) is 2.35. The lowest BCUT2D eigenvalue weighted by Crippen LogP contribution is -2.22. The Morgan fingerprint density at radius 2 is 2.00 bits per heavy atom. The Labute approximate surface area is 125 Å². The lowest BCUT2D eigenvalue weighted by atomic mass is 10.0. The number of ether oxygens (including phenoxy) is 1. The molecule has 110 valence electrons. The molecule has 1 fully saturated rings. The normalized spacial score (nSPS) is 18.9. The lowest BCUT2D eigenvalue weighted by Gasteiger charge is -2.25. The van der Waals surface area contributed by atoms with Gasteiger partial charge in [0, 0.05) is 12.6 Å². The minimum Gasteiger partial charge on any atom is -0.497 e. The molecule has 2 aromatic rings. The average Bonchev–Trinajstić information content (AvgIpc) is 2.95. The number of rotatable bonds is 4. The molecular weight excluding hydrogens is 265 g/mol. The van der Waals surface area contributed by atoms with Crippen LogP contribution in [0.5, 0.6) is 5.75 Å². The van der Waals surface area contributed by atoms with Crippen LogP contribution in [0.1, 0.15) is 30.0 Å². The van der Waals surface area contributed by atoms with Gasteiger partial charge in [-0.3, -0.25) is 4.90 Å². The summed E-state index contributed by atoms with van der Waals surface area (Å²) < 4.78 is 18.5. The zero-order chi connectivity index (χ0) is 14.7. The fraction of sp³-hybridized carbons (Fsp3) is 0.333. The van der Waals surface area contributed by atoms with Gasteiger partial charge in [-0.2, -0.15) is 0 Å². The zero-order valence-corrected chi connectivity index (χ0v) is 12.3. The van der Waals surface area contributed by atoms with Gasteiger partial charge in [0.2, 0.25) is 0 Å². The van der Waals surface area contributed by atoms with Gasteiger partial charge in [-0.15, -0.1) is 0 Å². The van der Waals surface area contributed by atoms with Crippen molar-refractivity contribution < 1.29 is 9.13 Å². The van der Waals surface area contributed by atoms with Gasteiger partial charge in [0.05, 0.1) is 7.11 Å². The van der Waals surface area contributed by atoms with E-state index in [9.17, 15) is 4.39 Å². The summed E-state index contributed by atoms with van der Waals surface area (Å²) in [5.74, 6) is 0.723. The maximum absolute atomic E-state index is 13.3. The Bertz CT molecular complexity index is 596. The van der Waals surface area contributed by atoms with Crippen molar-refractivity contribution in [1.82, 2.24) is 4.90 Å². The van der Waals surface area contributed by atoms with Gasteiger partial charge in [0.15, 0.2) is 0 Å². The molecular formula is C18H20FNO. The van der Waals surface area contributed by atoms with E-state index in [2.05, 4.69) is 17.0 Å². The van der Waals surface area contributed by atoms with E-state index in [1.807, 2.05) is 18.2 Å². The van der Waals surface area contributed by atoms with Crippen LogP contribution in [0.4, 0.5) is 4.39 Å². The first-order valence-electron chi connectivity index (χ1n) is 7.39. The van der Waals surface area contributed by atoms with Crippen molar-refractivity contribution in [2.24, 2.45) is 0 Å². The van der Waals surface area contributed by atoms with Gasteiger partial charge in [-0.25, -0.2) is 4.39 Å². The van der Waals surface area contributed by atoms with Gasteiger partial charge in [-0.05, 0) is 54.8 Å². The molecule has 3 rings (SSSR count). The third kappa shape index (κ3) is 3.24. The molecule has 2 aromatic carbocycles. The standard InChI is InChI=1S/C18H20FNO/c1-21-17-9-7-15(8-10-17)18-6-3-11-20(18)13-14-4-2-5-16(19)12-14/h2,4-5,7-10,12,18H,3,6,11,13H2,1H3. The molecule has 0 spiro atoms. The molecule has 1 heterocycles. The summed E-state index contributed by atoms with van der Waals surface area (Å²) in [5, 5.41) is 0. The number of halogens is 1. The number of hydrogen-bond acceptors (Lipinski definition) is 2. The molecule has 1 unspecified atom stereocenters. The highest BCUT2D eigenvalue weighted by Crippen LogP contribution is 2.33. The highest BCUT2D eigenvalue weighted by atomic mass is 19.1. The number of nitrogens with zero attached hydrogens (tertiary/aromatic N) is 1. The molecule has 3 heteroatoms. The molecule has 0 radical (unpaired) electrons. The quantitative estimate of drug-likeness (QED) is 0.836. The summed E-state index contributed by atoms with van der Waals surface area (Å²) in [4.78, 5) is 2.43. The van der Waals surface area contributed by atoms with Crippen molar-refractivity contribution in [3.8, 4) is 5.75 Å². The Balaban J connectivity index is 1.75. The van der Waals surface area contributed by atoms with Gasteiger partial charge in [0.25, 0.3) is 0 Å². The van der Waals surface area contributed by atoms with Crippen molar-refractivity contribution in [1.29, 1.82) is 0 Å². The van der Waals surface area contributed by atoms with E-state index >= 15 is 0 Å². The SMILES string of the molecule is COc1ccc(C2CCCN2Cc2cccc(F)c2)cc1. The molecule has 2 nitrogen and oxygen atoms in total. The van der Waals surface area contributed by atoms with E-state index in [1.54, 1.807) is 19.2 Å². The number of methoxy groups -OCH3 is 1. The minimum absolute atomic E-state index is 0.160. The monoisotopic (exact) mass is 285 g/mol. The van der Waals surface area contributed by atoms with Gasteiger partial charge in [-0.1, -0.05) is 24.3 Å². The molecule has 1 atom stereocenters. The summed E-state index contributed by atoms with van der Waals surface area (Å²) in [6.45, 7) is 1.86. The summed E-state index contributed by atoms with van der Waals surface area (Å²) in [6, 6.07) is 15.6. The Kier molecular flexibility index (Phi) is 4.20. The van der Waals surface area contributed by atoms with Gasteiger partial charge < -0.3 is 4.74 Å². The molecule has 21 heavy (non-hydrogen) atoms. The second-order valence-electron chi connectivity index (χ2n) is 5.53. The molecule has 0 bridgehead atoms. The van der Waals surface area contributed by atoms with Crippen LogP contribution in [0.25, 0.3) is 0 Å². The maximum atomic E-state index is 13.3. The Morgan fingerprint density at radius 3 is 2.71 bits per heavy atom. The topological polar surface area (TPSA) is 12.5 Å². The molecule has 0 aliphatic carbocycles. The van der Waals surface area contributed by atoms with E-state index < -0.39 is 0 Å². The van der Waals surface area contributed by atoms with E-state index in [4.69, 9.17) is 4.74 Å². The van der Waals surface area contributed by atoms with Crippen molar-refractivity contribution in [2.75, 3.05) is 13.7 Å². The molecule has 1 aliphatic rings. The molecule has 1 aliphatic heterocycles. The van der Waals surface area contributed by atoms with Crippen LogP contribution in [-0.4, -0.2) is 18.6 Å². The fourth-order valence-electron chi connectivity index (χ4n) is 3.09. The second kappa shape index (κ2) is 6.27. The van der Waals surface area contributed by atoms with Crippen LogP contribution >= 0.6 is 0 Å². The first-order chi connectivity index (χ1) is 10.3.